The molecule has 1 fully saturated rings. The number of ether oxygens (including phenoxy) is 2. The van der Waals surface area contributed by atoms with Crippen LogP contribution in [0.1, 0.15) is 55.1 Å². The Bertz CT molecular complexity index is 1280. The zero-order chi connectivity index (χ0) is 26.4. The van der Waals surface area contributed by atoms with Crippen LogP contribution in [-0.2, 0) is 16.0 Å². The van der Waals surface area contributed by atoms with Crippen molar-refractivity contribution in [1.82, 2.24) is 14.8 Å². The summed E-state index contributed by atoms with van der Waals surface area (Å²) in [5.41, 5.74) is 1.32. The fourth-order valence-electron chi connectivity index (χ4n) is 5.49. The Morgan fingerprint density at radius 1 is 1.00 bits per heavy atom. The van der Waals surface area contributed by atoms with Gasteiger partial charge in [0, 0.05) is 18.5 Å². The van der Waals surface area contributed by atoms with Crippen molar-refractivity contribution >= 4 is 22.7 Å². The monoisotopic (exact) mass is 515 g/mol. The van der Waals surface area contributed by atoms with Crippen LogP contribution in [-0.4, -0.2) is 71.6 Å². The molecule has 0 bridgehead atoms. The molecule has 2 aliphatic rings. The van der Waals surface area contributed by atoms with Crippen LogP contribution in [0.4, 0.5) is 0 Å². The maximum Gasteiger partial charge on any atom is 0.272 e. The van der Waals surface area contributed by atoms with E-state index in [2.05, 4.69) is 18.0 Å². The molecule has 38 heavy (non-hydrogen) atoms. The first-order valence-electron chi connectivity index (χ1n) is 13.9. The van der Waals surface area contributed by atoms with Crippen LogP contribution in [0.15, 0.2) is 60.7 Å². The molecule has 7 nitrogen and oxygen atoms in total. The number of amides is 2. The Hall–Kier alpha value is -3.45. The first kappa shape index (κ1) is 26.2. The predicted octanol–water partition coefficient (Wildman–Crippen LogP) is 4.88. The lowest BCUT2D eigenvalue weighted by molar-refractivity contribution is -0.170. The summed E-state index contributed by atoms with van der Waals surface area (Å²) in [5, 5.41) is 0.993. The fourth-order valence-corrected chi connectivity index (χ4v) is 5.49. The van der Waals surface area contributed by atoms with Crippen molar-refractivity contribution in [1.29, 1.82) is 0 Å². The number of pyridine rings is 1. The van der Waals surface area contributed by atoms with E-state index in [1.54, 1.807) is 11.0 Å². The third kappa shape index (κ3) is 5.68. The highest BCUT2D eigenvalue weighted by Gasteiger charge is 2.46. The normalized spacial score (nSPS) is 20.9. The molecule has 1 aromatic heterocycles. The number of unbranched alkanes of at least 4 members (excludes halogenated alkanes) is 1. The summed E-state index contributed by atoms with van der Waals surface area (Å²) < 4.78 is 12.5. The van der Waals surface area contributed by atoms with E-state index in [9.17, 15) is 9.59 Å². The molecule has 0 N–H and O–H groups in total. The topological polar surface area (TPSA) is 72.0 Å². The van der Waals surface area contributed by atoms with Gasteiger partial charge in [-0.1, -0.05) is 55.8 Å². The second-order valence-corrected chi connectivity index (χ2v) is 10.3. The lowest BCUT2D eigenvalue weighted by Gasteiger charge is -2.44. The van der Waals surface area contributed by atoms with Crippen molar-refractivity contribution in [3.63, 3.8) is 0 Å². The molecule has 7 heteroatoms. The molecule has 0 aliphatic carbocycles. The van der Waals surface area contributed by atoms with Gasteiger partial charge in [0.05, 0.1) is 25.2 Å². The molecule has 0 radical (unpaired) electrons. The second-order valence-electron chi connectivity index (χ2n) is 10.3. The number of aryl methyl sites for hydroxylation is 1. The van der Waals surface area contributed by atoms with Crippen molar-refractivity contribution in [3.05, 3.63) is 71.9 Å². The average Bonchev–Trinajstić information content (AvgIpc) is 2.96. The smallest absolute Gasteiger partial charge is 0.272 e. The molecule has 200 valence electrons. The maximum atomic E-state index is 14.2. The van der Waals surface area contributed by atoms with Crippen LogP contribution in [0.5, 0.6) is 5.75 Å². The Labute approximate surface area is 224 Å². The summed E-state index contributed by atoms with van der Waals surface area (Å²) in [6, 6.07) is 19.6. The van der Waals surface area contributed by atoms with Gasteiger partial charge in [0.15, 0.2) is 5.60 Å². The van der Waals surface area contributed by atoms with Gasteiger partial charge in [0.25, 0.3) is 11.8 Å². The minimum atomic E-state index is -1.06. The number of nitrogens with zero attached hydrogens (tertiary/aromatic N) is 3. The molecular formula is C31H37N3O4. The van der Waals surface area contributed by atoms with Gasteiger partial charge in [-0.15, -0.1) is 0 Å². The standard InChI is InChI=1S/C31H37N3O4/c1-2-3-18-33-19-21-37-28-14-7-5-11-25(28)12-8-9-17-31(30(33)36)23-34(20-22-38-31)29(35)27-16-15-24-10-4-6-13-26(24)32-27/h4-7,10-11,13-16H,2-3,8-9,12,17-23H2,1H3. The van der Waals surface area contributed by atoms with Crippen molar-refractivity contribution in [2.45, 2.75) is 51.0 Å². The molecule has 1 saturated heterocycles. The maximum absolute atomic E-state index is 14.2. The highest BCUT2D eigenvalue weighted by atomic mass is 16.5. The number of rotatable bonds is 4. The highest BCUT2D eigenvalue weighted by molar-refractivity contribution is 5.96. The molecule has 2 aliphatic heterocycles. The predicted molar refractivity (Wildman–Crippen MR) is 147 cm³/mol. The molecule has 3 aromatic rings. The van der Waals surface area contributed by atoms with Crippen molar-refractivity contribution in [2.24, 2.45) is 0 Å². The van der Waals surface area contributed by atoms with E-state index in [0.29, 0.717) is 45.0 Å². The fraction of sp³-hybridized carbons (Fsp3) is 0.452. The number of benzene rings is 2. The molecule has 2 amide bonds. The van der Waals surface area contributed by atoms with Crippen molar-refractivity contribution in [2.75, 3.05) is 39.4 Å². The summed E-state index contributed by atoms with van der Waals surface area (Å²) in [6.07, 6.45) is 5.07. The molecule has 2 aromatic carbocycles. The minimum Gasteiger partial charge on any atom is -0.491 e. The van der Waals surface area contributed by atoms with E-state index in [1.807, 2.05) is 53.4 Å². The van der Waals surface area contributed by atoms with Crippen LogP contribution < -0.4 is 4.74 Å². The molecule has 1 unspecified atom stereocenters. The number of aromatic nitrogens is 1. The summed E-state index contributed by atoms with van der Waals surface area (Å²) in [4.78, 5) is 36.0. The van der Waals surface area contributed by atoms with Crippen molar-refractivity contribution < 1.29 is 19.1 Å². The van der Waals surface area contributed by atoms with Gasteiger partial charge < -0.3 is 19.3 Å². The lowest BCUT2D eigenvalue weighted by Crippen LogP contribution is -2.62. The summed E-state index contributed by atoms with van der Waals surface area (Å²) in [6.45, 7) is 4.67. The van der Waals surface area contributed by atoms with Crippen molar-refractivity contribution in [3.8, 4) is 5.75 Å². The number of carbonyl (C=O) groups is 2. The molecule has 0 saturated carbocycles. The lowest BCUT2D eigenvalue weighted by atomic mass is 9.90. The first-order chi connectivity index (χ1) is 18.6. The van der Waals surface area contributed by atoms with Crippen LogP contribution >= 0.6 is 0 Å². The minimum absolute atomic E-state index is 0.0348. The van der Waals surface area contributed by atoms with Crippen LogP contribution in [0.25, 0.3) is 10.9 Å². The zero-order valence-corrected chi connectivity index (χ0v) is 22.2. The third-order valence-corrected chi connectivity index (χ3v) is 7.62. The number of hydrogen-bond donors (Lipinski definition) is 0. The Balaban J connectivity index is 1.40. The molecular weight excluding hydrogens is 478 g/mol. The largest absolute Gasteiger partial charge is 0.491 e. The van der Waals surface area contributed by atoms with Gasteiger partial charge in [-0.05, 0) is 55.9 Å². The number of para-hydroxylation sites is 2. The number of hydrogen-bond acceptors (Lipinski definition) is 5. The summed E-state index contributed by atoms with van der Waals surface area (Å²) in [5.74, 6) is 0.710. The number of fused-ring (bicyclic) bond motifs is 2. The molecule has 5 rings (SSSR count). The van der Waals surface area contributed by atoms with E-state index < -0.39 is 5.60 Å². The van der Waals surface area contributed by atoms with Crippen LogP contribution in [0.2, 0.25) is 0 Å². The number of carbonyl (C=O) groups excluding carboxylic acids is 2. The SMILES string of the molecule is CCCCN1CCOc2ccccc2CCCCC2(CN(C(=O)c3ccc4ccccc4n3)CCO2)C1=O. The Kier molecular flexibility index (Phi) is 8.23. The molecule has 3 heterocycles. The third-order valence-electron chi connectivity index (χ3n) is 7.62. The van der Waals surface area contributed by atoms with Gasteiger partial charge in [0.2, 0.25) is 0 Å². The summed E-state index contributed by atoms with van der Waals surface area (Å²) in [7, 11) is 0. The first-order valence-corrected chi connectivity index (χ1v) is 13.9. The van der Waals surface area contributed by atoms with Gasteiger partial charge in [-0.25, -0.2) is 4.98 Å². The van der Waals surface area contributed by atoms with E-state index in [4.69, 9.17) is 9.47 Å². The van der Waals surface area contributed by atoms with Gasteiger partial charge in [-0.2, -0.15) is 0 Å². The molecule has 1 spiro atoms. The zero-order valence-electron chi connectivity index (χ0n) is 22.2. The van der Waals surface area contributed by atoms with E-state index in [-0.39, 0.29) is 18.4 Å². The Morgan fingerprint density at radius 3 is 2.74 bits per heavy atom. The van der Waals surface area contributed by atoms with Gasteiger partial charge in [0.1, 0.15) is 18.1 Å². The van der Waals surface area contributed by atoms with Crippen LogP contribution in [0, 0.1) is 0 Å². The number of morpholine rings is 1. The van der Waals surface area contributed by atoms with E-state index in [0.717, 1.165) is 48.8 Å². The van der Waals surface area contributed by atoms with E-state index in [1.165, 1.54) is 5.56 Å². The average molecular weight is 516 g/mol. The van der Waals surface area contributed by atoms with E-state index >= 15 is 0 Å². The van der Waals surface area contributed by atoms with Crippen LogP contribution in [0.3, 0.4) is 0 Å². The molecule has 1 atom stereocenters. The second kappa shape index (κ2) is 11.9. The quantitative estimate of drug-likeness (QED) is 0.495. The van der Waals surface area contributed by atoms with Gasteiger partial charge >= 0.3 is 0 Å². The highest BCUT2D eigenvalue weighted by Crippen LogP contribution is 2.30. The Morgan fingerprint density at radius 2 is 1.84 bits per heavy atom. The van der Waals surface area contributed by atoms with Gasteiger partial charge in [-0.3, -0.25) is 9.59 Å². The summed E-state index contributed by atoms with van der Waals surface area (Å²) >= 11 is 0.